The molecule has 2 aliphatic rings. The van der Waals surface area contributed by atoms with E-state index in [4.69, 9.17) is 18.3 Å². The van der Waals surface area contributed by atoms with E-state index in [0.717, 1.165) is 12.4 Å². The van der Waals surface area contributed by atoms with Crippen molar-refractivity contribution in [3.8, 4) is 0 Å². The highest BCUT2D eigenvalue weighted by atomic mass is 32.2. The third-order valence-corrected chi connectivity index (χ3v) is 27.9. The van der Waals surface area contributed by atoms with Crippen LogP contribution in [0.2, 0.25) is 33.2 Å². The summed E-state index contributed by atoms with van der Waals surface area (Å²) in [4.78, 5) is 57.9. The van der Waals surface area contributed by atoms with Crippen LogP contribution in [0.25, 0.3) is 0 Å². The lowest BCUT2D eigenvalue weighted by Crippen LogP contribution is -2.48. The highest BCUT2D eigenvalue weighted by molar-refractivity contribution is 8.00. The van der Waals surface area contributed by atoms with E-state index < -0.39 is 50.4 Å². The van der Waals surface area contributed by atoms with E-state index >= 15 is 0 Å². The zero-order valence-electron chi connectivity index (χ0n) is 41.6. The standard InChI is InChI=1S/2C25H35FN2O4SSi/c2*1-16(2)34(17(3)4,18(5)6)32-15-24-31-14-23(33-24)28-13-20(26)21(27-25(28)30)12-22(29)19-10-8-7-9-11-19/h2*7-11,13,16-18,23-24H,12,14-15H2,1-6H3/t2*23-,24-/m10/s1. The first-order chi connectivity index (χ1) is 32.1. The van der Waals surface area contributed by atoms with E-state index in [1.165, 1.54) is 32.7 Å². The summed E-state index contributed by atoms with van der Waals surface area (Å²) in [6.45, 7) is 28.2. The Kier molecular flexibility index (Phi) is 19.9. The molecule has 0 unspecified atom stereocenters. The second kappa shape index (κ2) is 24.5. The summed E-state index contributed by atoms with van der Waals surface area (Å²) in [7, 11) is -4.07. The smallest absolute Gasteiger partial charge is 0.349 e. The summed E-state index contributed by atoms with van der Waals surface area (Å²) < 4.78 is 57.1. The number of hydrogen-bond acceptors (Lipinski definition) is 12. The number of carbonyl (C=O) groups is 2. The zero-order chi connectivity index (χ0) is 50.1. The molecule has 18 heteroatoms. The fourth-order valence-electron chi connectivity index (χ4n) is 10.2. The second-order valence-corrected chi connectivity index (χ2v) is 33.0. The normalized spacial score (nSPS) is 18.9. The molecule has 4 heterocycles. The lowest BCUT2D eigenvalue weighted by molar-refractivity contribution is 0.0818. The number of ketones is 2. The summed E-state index contributed by atoms with van der Waals surface area (Å²) in [5, 5.41) is -0.787. The number of aromatic nitrogens is 4. The molecule has 2 aliphatic heterocycles. The molecule has 2 saturated heterocycles. The molecule has 0 spiro atoms. The minimum absolute atomic E-state index is 0.138. The first kappa shape index (κ1) is 55.3. The van der Waals surface area contributed by atoms with E-state index in [1.807, 2.05) is 0 Å². The van der Waals surface area contributed by atoms with Crippen LogP contribution in [0.15, 0.2) is 82.6 Å². The summed E-state index contributed by atoms with van der Waals surface area (Å²) >= 11 is 2.89. The maximum Gasteiger partial charge on any atom is 0.349 e. The number of hydrogen-bond donors (Lipinski definition) is 0. The molecule has 372 valence electrons. The highest BCUT2D eigenvalue weighted by Crippen LogP contribution is 2.45. The van der Waals surface area contributed by atoms with Crippen LogP contribution in [0.3, 0.4) is 0 Å². The van der Waals surface area contributed by atoms with Crippen molar-refractivity contribution in [3.05, 3.63) is 128 Å². The molecule has 0 radical (unpaired) electrons. The highest BCUT2D eigenvalue weighted by Gasteiger charge is 2.47. The monoisotopic (exact) mass is 1010 g/mol. The molecule has 6 rings (SSSR count). The van der Waals surface area contributed by atoms with Crippen molar-refractivity contribution in [3.63, 3.8) is 0 Å². The van der Waals surface area contributed by atoms with E-state index in [0.29, 0.717) is 57.6 Å². The fourth-order valence-corrected chi connectivity index (χ4v) is 23.5. The van der Waals surface area contributed by atoms with Crippen LogP contribution in [0, 0.1) is 11.6 Å². The van der Waals surface area contributed by atoms with Gasteiger partial charge in [-0.3, -0.25) is 18.7 Å². The maximum absolute atomic E-state index is 14.8. The van der Waals surface area contributed by atoms with Gasteiger partial charge in [-0.15, -0.1) is 23.5 Å². The average Bonchev–Trinajstić information content (AvgIpc) is 3.97. The van der Waals surface area contributed by atoms with E-state index in [9.17, 15) is 28.0 Å². The molecule has 0 saturated carbocycles. The quantitative estimate of drug-likeness (QED) is 0.0614. The third kappa shape index (κ3) is 13.0. The van der Waals surface area contributed by atoms with Crippen molar-refractivity contribution in [2.75, 3.05) is 26.4 Å². The van der Waals surface area contributed by atoms with Gasteiger partial charge in [0.2, 0.25) is 0 Å². The number of halogens is 2. The molecule has 0 aliphatic carbocycles. The van der Waals surface area contributed by atoms with E-state index in [2.05, 4.69) is 93.1 Å². The largest absolute Gasteiger partial charge is 0.412 e. The van der Waals surface area contributed by atoms with Gasteiger partial charge in [-0.25, -0.2) is 18.4 Å². The lowest BCUT2D eigenvalue weighted by Gasteiger charge is -2.42. The Morgan fingerprint density at radius 2 is 0.897 bits per heavy atom. The Labute approximate surface area is 411 Å². The number of benzene rings is 2. The van der Waals surface area contributed by atoms with Gasteiger partial charge in [0.05, 0.1) is 50.7 Å². The van der Waals surface area contributed by atoms with Crippen LogP contribution in [0.5, 0.6) is 0 Å². The Hall–Kier alpha value is -3.63. The molecular formula is C50H70F2N4O8S2Si2. The predicted octanol–water partition coefficient (Wildman–Crippen LogP) is 11.2. The predicted molar refractivity (Wildman–Crippen MR) is 273 cm³/mol. The summed E-state index contributed by atoms with van der Waals surface area (Å²) in [6, 6.07) is 17.2. The number of nitrogens with zero attached hydrogens (tertiary/aromatic N) is 4. The Balaban J connectivity index is 0.000000254. The van der Waals surface area contributed by atoms with Gasteiger partial charge in [-0.05, 0) is 33.2 Å². The minimum atomic E-state index is -2.03. The van der Waals surface area contributed by atoms with E-state index in [-0.39, 0.29) is 59.9 Å². The fraction of sp³-hybridized carbons (Fsp3) is 0.560. The third-order valence-electron chi connectivity index (χ3n) is 13.2. The van der Waals surface area contributed by atoms with E-state index in [1.54, 1.807) is 60.7 Å². The first-order valence-corrected chi connectivity index (χ1v) is 29.8. The number of thioether (sulfide) groups is 2. The Morgan fingerprint density at radius 1 is 0.588 bits per heavy atom. The van der Waals surface area contributed by atoms with Crippen molar-refractivity contribution in [1.29, 1.82) is 0 Å². The van der Waals surface area contributed by atoms with Gasteiger partial charge in [0.1, 0.15) is 21.6 Å². The molecule has 2 aromatic carbocycles. The molecule has 0 bridgehead atoms. The summed E-state index contributed by atoms with van der Waals surface area (Å²) in [6.07, 6.45) is 1.76. The van der Waals surface area contributed by atoms with Crippen LogP contribution in [-0.4, -0.2) is 84.6 Å². The van der Waals surface area contributed by atoms with Crippen molar-refractivity contribution >= 4 is 51.7 Å². The van der Waals surface area contributed by atoms with Gasteiger partial charge in [0, 0.05) is 23.5 Å². The second-order valence-electron chi connectivity index (χ2n) is 19.3. The number of ether oxygens (including phenoxy) is 2. The van der Waals surface area contributed by atoms with Crippen LogP contribution in [-0.2, 0) is 31.2 Å². The van der Waals surface area contributed by atoms with Gasteiger partial charge >= 0.3 is 11.4 Å². The number of carbonyl (C=O) groups excluding carboxylic acids is 2. The minimum Gasteiger partial charge on any atom is -0.412 e. The van der Waals surface area contributed by atoms with Gasteiger partial charge in [-0.1, -0.05) is 144 Å². The van der Waals surface area contributed by atoms with Gasteiger partial charge < -0.3 is 18.3 Å². The number of Topliss-reactive ketones (excluding diaryl/α,β-unsaturated/α-hetero) is 2. The van der Waals surface area contributed by atoms with Gasteiger partial charge in [-0.2, -0.15) is 9.97 Å². The zero-order valence-corrected chi connectivity index (χ0v) is 45.2. The van der Waals surface area contributed by atoms with Crippen molar-refractivity contribution in [2.45, 2.75) is 151 Å². The van der Waals surface area contributed by atoms with Crippen molar-refractivity contribution < 1.29 is 36.7 Å². The Morgan fingerprint density at radius 3 is 1.19 bits per heavy atom. The SMILES string of the molecule is CC(C)[Si](OC[C@@H]1OC[C@H](n2cc(F)c(CC(=O)c3ccccc3)nc2=O)S1)(C(C)C)C(C)C.CC(C)[Si](OC[C@H]1OC[C@@H](n2cc(F)c(CC(=O)c3ccccc3)nc2=O)S1)(C(C)C)C(C)C. The molecule has 2 fully saturated rings. The average molecular weight is 1010 g/mol. The van der Waals surface area contributed by atoms with Crippen molar-refractivity contribution in [1.82, 2.24) is 19.1 Å². The first-order valence-electron chi connectivity index (χ1n) is 23.7. The topological polar surface area (TPSA) is 141 Å². The molecule has 0 N–H and O–H groups in total. The van der Waals surface area contributed by atoms with Gasteiger partial charge in [0.25, 0.3) is 0 Å². The molecule has 4 atom stereocenters. The van der Waals surface area contributed by atoms with Crippen LogP contribution < -0.4 is 11.4 Å². The Bertz CT molecular complexity index is 2210. The lowest BCUT2D eigenvalue weighted by atomic mass is 10.1. The molecule has 4 aromatic rings. The molecule has 12 nitrogen and oxygen atoms in total. The molecular weight excluding hydrogens is 943 g/mol. The maximum atomic E-state index is 14.8. The summed E-state index contributed by atoms with van der Waals surface area (Å²) in [5.41, 5.74) is 1.75. The molecule has 0 amide bonds. The van der Waals surface area contributed by atoms with Gasteiger partial charge in [0.15, 0.2) is 39.8 Å². The summed E-state index contributed by atoms with van der Waals surface area (Å²) in [5.74, 6) is -1.91. The van der Waals surface area contributed by atoms with Crippen LogP contribution in [0.4, 0.5) is 8.78 Å². The molecule has 2 aromatic heterocycles. The van der Waals surface area contributed by atoms with Crippen LogP contribution >= 0.6 is 23.5 Å². The molecule has 68 heavy (non-hydrogen) atoms. The van der Waals surface area contributed by atoms with Crippen molar-refractivity contribution in [2.24, 2.45) is 0 Å². The number of rotatable bonds is 20. The van der Waals surface area contributed by atoms with Crippen LogP contribution in [0.1, 0.15) is 126 Å².